The molecule has 1 unspecified atom stereocenters. The first-order chi connectivity index (χ1) is 15.1. The first-order valence-corrected chi connectivity index (χ1v) is 13.0. The van der Waals surface area contributed by atoms with E-state index in [9.17, 15) is 4.79 Å². The van der Waals surface area contributed by atoms with Crippen molar-refractivity contribution in [2.75, 3.05) is 32.7 Å². The van der Waals surface area contributed by atoms with Gasteiger partial charge in [0.2, 0.25) is 5.91 Å². The van der Waals surface area contributed by atoms with Gasteiger partial charge in [-0.05, 0) is 87.0 Å². The zero-order valence-corrected chi connectivity index (χ0v) is 22.6. The number of nitrogens with zero attached hydrogens (tertiary/aromatic N) is 2. The summed E-state index contributed by atoms with van der Waals surface area (Å²) in [7, 11) is 0. The summed E-state index contributed by atoms with van der Waals surface area (Å²) in [5, 5.41) is 0. The molecule has 0 N–H and O–H groups in total. The number of allylic oxidation sites excluding steroid dienone is 7. The summed E-state index contributed by atoms with van der Waals surface area (Å²) in [5.41, 5.74) is 5.24. The third kappa shape index (κ3) is 10.5. The molecule has 1 saturated heterocycles. The standard InChI is InChI=1S/C28H48ClN2O/c1-8-31(9-2)20-19-30(27(29)22-31)28(32)21-26(7)18-12-17-25(6)16-11-15-24(5)14-10-13-23(3)4/h13,15,17,21,27H,8-12,14,16,18-20,22H2,1-7H3/q+1. The number of hydrogen-bond donors (Lipinski definition) is 0. The third-order valence-corrected chi connectivity index (χ3v) is 7.21. The normalized spacial score (nSPS) is 19.8. The van der Waals surface area contributed by atoms with E-state index in [1.807, 2.05) is 4.90 Å². The molecule has 0 spiro atoms. The van der Waals surface area contributed by atoms with Crippen molar-refractivity contribution in [2.45, 2.75) is 92.5 Å². The molecule has 1 atom stereocenters. The molecule has 0 aromatic rings. The molecule has 0 aromatic carbocycles. The van der Waals surface area contributed by atoms with E-state index in [2.05, 4.69) is 66.7 Å². The molecule has 1 fully saturated rings. The van der Waals surface area contributed by atoms with E-state index in [-0.39, 0.29) is 11.4 Å². The molecule has 1 amide bonds. The second kappa shape index (κ2) is 14.8. The number of halogens is 1. The van der Waals surface area contributed by atoms with Crippen LogP contribution in [0.25, 0.3) is 0 Å². The van der Waals surface area contributed by atoms with Crippen LogP contribution in [0.15, 0.2) is 46.6 Å². The van der Waals surface area contributed by atoms with Crippen molar-refractivity contribution >= 4 is 17.5 Å². The van der Waals surface area contributed by atoms with Crippen LogP contribution in [0, 0.1) is 0 Å². The molecule has 0 saturated carbocycles. The number of alkyl halides is 1. The van der Waals surface area contributed by atoms with E-state index in [1.165, 1.54) is 16.7 Å². The van der Waals surface area contributed by atoms with Gasteiger partial charge in [-0.1, -0.05) is 52.1 Å². The molecule has 32 heavy (non-hydrogen) atoms. The highest BCUT2D eigenvalue weighted by molar-refractivity contribution is 6.21. The lowest BCUT2D eigenvalue weighted by molar-refractivity contribution is -0.929. The predicted molar refractivity (Wildman–Crippen MR) is 141 cm³/mol. The average molecular weight is 464 g/mol. The summed E-state index contributed by atoms with van der Waals surface area (Å²) in [4.78, 5) is 14.6. The number of carbonyl (C=O) groups is 1. The van der Waals surface area contributed by atoms with Crippen LogP contribution < -0.4 is 0 Å². The number of likely N-dealkylation sites (N-methyl/N-ethyl adjacent to an activating group) is 1. The van der Waals surface area contributed by atoms with Gasteiger partial charge >= 0.3 is 0 Å². The molecule has 1 heterocycles. The molecular weight excluding hydrogens is 416 g/mol. The molecule has 0 radical (unpaired) electrons. The zero-order valence-electron chi connectivity index (χ0n) is 21.8. The Morgan fingerprint density at radius 3 is 1.84 bits per heavy atom. The Bertz CT molecular complexity index is 709. The van der Waals surface area contributed by atoms with E-state index < -0.39 is 0 Å². The average Bonchev–Trinajstić information content (AvgIpc) is 2.73. The van der Waals surface area contributed by atoms with Gasteiger partial charge in [0.15, 0.2) is 5.50 Å². The Morgan fingerprint density at radius 2 is 1.38 bits per heavy atom. The van der Waals surface area contributed by atoms with Crippen LogP contribution in [0.1, 0.15) is 87.0 Å². The highest BCUT2D eigenvalue weighted by Crippen LogP contribution is 2.21. The fraction of sp³-hybridized carbons (Fsp3) is 0.679. The SMILES string of the molecule is CC[N+]1(CC)CCN(C(=O)C=C(C)CCC=C(C)CCC=C(C)CCC=C(C)C)C(Cl)C1. The first-order valence-electron chi connectivity index (χ1n) is 12.5. The van der Waals surface area contributed by atoms with Crippen molar-refractivity contribution in [1.82, 2.24) is 4.90 Å². The van der Waals surface area contributed by atoms with Crippen molar-refractivity contribution in [3.05, 3.63) is 46.6 Å². The molecule has 1 aliphatic heterocycles. The zero-order chi connectivity index (χ0) is 24.1. The fourth-order valence-corrected chi connectivity index (χ4v) is 4.75. The van der Waals surface area contributed by atoms with Crippen LogP contribution in [-0.4, -0.2) is 53.5 Å². The van der Waals surface area contributed by atoms with Crippen LogP contribution in [0.5, 0.6) is 0 Å². The summed E-state index contributed by atoms with van der Waals surface area (Å²) < 4.78 is 1.01. The lowest BCUT2D eigenvalue weighted by atomic mass is 10.0. The lowest BCUT2D eigenvalue weighted by Crippen LogP contribution is -2.62. The van der Waals surface area contributed by atoms with Crippen LogP contribution in [0.4, 0.5) is 0 Å². The number of piperazine rings is 1. The van der Waals surface area contributed by atoms with Crippen LogP contribution in [0.2, 0.25) is 0 Å². The van der Waals surface area contributed by atoms with E-state index >= 15 is 0 Å². The highest BCUT2D eigenvalue weighted by atomic mass is 35.5. The minimum Gasteiger partial charge on any atom is -0.320 e. The van der Waals surface area contributed by atoms with E-state index in [0.29, 0.717) is 0 Å². The van der Waals surface area contributed by atoms with Crippen LogP contribution in [0.3, 0.4) is 0 Å². The third-order valence-electron chi connectivity index (χ3n) is 6.84. The Morgan fingerprint density at radius 1 is 0.875 bits per heavy atom. The second-order valence-corrected chi connectivity index (χ2v) is 10.3. The molecular formula is C28H48ClN2O+. The topological polar surface area (TPSA) is 20.3 Å². The highest BCUT2D eigenvalue weighted by Gasteiger charge is 2.37. The van der Waals surface area contributed by atoms with Crippen molar-refractivity contribution in [3.63, 3.8) is 0 Å². The predicted octanol–water partition coefficient (Wildman–Crippen LogP) is 7.40. The van der Waals surface area contributed by atoms with Gasteiger partial charge in [0, 0.05) is 6.08 Å². The Balaban J connectivity index is 2.42. The van der Waals surface area contributed by atoms with Gasteiger partial charge in [-0.2, -0.15) is 0 Å². The van der Waals surface area contributed by atoms with Crippen molar-refractivity contribution in [2.24, 2.45) is 0 Å². The van der Waals surface area contributed by atoms with Gasteiger partial charge in [-0.25, -0.2) is 0 Å². The number of hydrogen-bond acceptors (Lipinski definition) is 1. The van der Waals surface area contributed by atoms with Gasteiger partial charge in [-0.15, -0.1) is 0 Å². The van der Waals surface area contributed by atoms with E-state index in [0.717, 1.165) is 81.3 Å². The fourth-order valence-electron chi connectivity index (χ4n) is 4.27. The molecule has 1 rings (SSSR count). The minimum absolute atomic E-state index is 0.0712. The van der Waals surface area contributed by atoms with Gasteiger partial charge in [0.1, 0.15) is 6.54 Å². The van der Waals surface area contributed by atoms with Crippen molar-refractivity contribution in [1.29, 1.82) is 0 Å². The maximum Gasteiger partial charge on any atom is 0.248 e. The number of amides is 1. The maximum atomic E-state index is 12.8. The molecule has 182 valence electrons. The Kier molecular flexibility index (Phi) is 13.2. The summed E-state index contributed by atoms with van der Waals surface area (Å²) in [6.45, 7) is 20.0. The van der Waals surface area contributed by atoms with Gasteiger partial charge in [0.25, 0.3) is 0 Å². The summed E-state index contributed by atoms with van der Waals surface area (Å²) in [6.07, 6.45) is 15.2. The minimum atomic E-state index is -0.208. The molecule has 0 aromatic heterocycles. The molecule has 4 heteroatoms. The first kappa shape index (κ1) is 28.7. The van der Waals surface area contributed by atoms with Crippen LogP contribution >= 0.6 is 11.6 Å². The van der Waals surface area contributed by atoms with Gasteiger partial charge in [-0.3, -0.25) is 4.79 Å². The maximum absolute atomic E-state index is 12.8. The summed E-state index contributed by atoms with van der Waals surface area (Å²) in [5.74, 6) is 0.0712. The summed E-state index contributed by atoms with van der Waals surface area (Å²) >= 11 is 6.60. The summed E-state index contributed by atoms with van der Waals surface area (Å²) in [6, 6.07) is 0. The largest absolute Gasteiger partial charge is 0.320 e. The van der Waals surface area contributed by atoms with Crippen LogP contribution in [-0.2, 0) is 4.79 Å². The number of carbonyl (C=O) groups excluding carboxylic acids is 1. The molecule has 0 bridgehead atoms. The lowest BCUT2D eigenvalue weighted by Gasteiger charge is -2.45. The molecule has 0 aliphatic carbocycles. The van der Waals surface area contributed by atoms with Gasteiger partial charge in [0.05, 0.1) is 26.2 Å². The Labute approximate surface area is 203 Å². The quantitative estimate of drug-likeness (QED) is 0.0970. The van der Waals surface area contributed by atoms with Crippen molar-refractivity contribution in [3.8, 4) is 0 Å². The molecule has 1 aliphatic rings. The second-order valence-electron chi connectivity index (χ2n) is 9.84. The Hall–Kier alpha value is -1.32. The van der Waals surface area contributed by atoms with Crippen molar-refractivity contribution < 1.29 is 9.28 Å². The van der Waals surface area contributed by atoms with E-state index in [4.69, 9.17) is 11.6 Å². The number of rotatable bonds is 12. The smallest absolute Gasteiger partial charge is 0.248 e. The monoisotopic (exact) mass is 463 g/mol. The molecule has 3 nitrogen and oxygen atoms in total. The number of quaternary nitrogens is 1. The van der Waals surface area contributed by atoms with Gasteiger partial charge < -0.3 is 9.38 Å². The van der Waals surface area contributed by atoms with E-state index in [1.54, 1.807) is 6.08 Å².